The summed E-state index contributed by atoms with van der Waals surface area (Å²) in [5.41, 5.74) is 4.80. The molecule has 1 heterocycles. The lowest BCUT2D eigenvalue weighted by atomic mass is 10.0. The van der Waals surface area contributed by atoms with Gasteiger partial charge in [0.15, 0.2) is 0 Å². The van der Waals surface area contributed by atoms with Crippen LogP contribution in [0.3, 0.4) is 0 Å². The fourth-order valence-electron chi connectivity index (χ4n) is 3.51. The summed E-state index contributed by atoms with van der Waals surface area (Å²) in [6, 6.07) is 25.7. The number of rotatable bonds is 5. The molecule has 0 aromatic heterocycles. The number of carbonyl (C=O) groups is 2. The Kier molecular flexibility index (Phi) is 5.20. The van der Waals surface area contributed by atoms with Gasteiger partial charge in [-0.3, -0.25) is 9.59 Å². The highest BCUT2D eigenvalue weighted by Gasteiger charge is 2.21. The minimum absolute atomic E-state index is 0.0719. The van der Waals surface area contributed by atoms with E-state index in [9.17, 15) is 9.59 Å². The van der Waals surface area contributed by atoms with Crippen LogP contribution in [-0.4, -0.2) is 18.4 Å². The summed E-state index contributed by atoms with van der Waals surface area (Å²) >= 11 is 0. The summed E-state index contributed by atoms with van der Waals surface area (Å²) in [5, 5.41) is 2.94. The Morgan fingerprint density at radius 2 is 1.64 bits per heavy atom. The predicted octanol–water partition coefficient (Wildman–Crippen LogP) is 4.66. The number of hydrogen-bond acceptors (Lipinski definition) is 2. The predicted molar refractivity (Wildman–Crippen MR) is 112 cm³/mol. The van der Waals surface area contributed by atoms with Gasteiger partial charge >= 0.3 is 0 Å². The first-order valence-electron chi connectivity index (χ1n) is 9.54. The van der Waals surface area contributed by atoms with Gasteiger partial charge < -0.3 is 10.2 Å². The average Bonchev–Trinajstić information content (AvgIpc) is 3.15. The van der Waals surface area contributed by atoms with Crippen molar-refractivity contribution in [2.75, 3.05) is 16.8 Å². The van der Waals surface area contributed by atoms with E-state index in [1.54, 1.807) is 4.90 Å². The van der Waals surface area contributed by atoms with Gasteiger partial charge in [0.25, 0.3) is 0 Å². The van der Waals surface area contributed by atoms with Crippen molar-refractivity contribution in [2.45, 2.75) is 19.3 Å². The highest BCUT2D eigenvalue weighted by atomic mass is 16.2. The summed E-state index contributed by atoms with van der Waals surface area (Å²) in [4.78, 5) is 26.1. The zero-order valence-electron chi connectivity index (χ0n) is 15.6. The van der Waals surface area contributed by atoms with Crippen molar-refractivity contribution < 1.29 is 9.59 Å². The molecular formula is C24H22N2O2. The van der Waals surface area contributed by atoms with E-state index in [4.69, 9.17) is 0 Å². The van der Waals surface area contributed by atoms with Crippen LogP contribution in [0.5, 0.6) is 0 Å². The molecule has 0 spiro atoms. The van der Waals surface area contributed by atoms with Crippen LogP contribution in [0.15, 0.2) is 78.9 Å². The second-order valence-corrected chi connectivity index (χ2v) is 6.99. The molecule has 0 aliphatic carbocycles. The molecule has 4 rings (SSSR count). The van der Waals surface area contributed by atoms with Gasteiger partial charge in [-0.05, 0) is 41.3 Å². The number of nitrogens with one attached hydrogen (secondary N) is 1. The van der Waals surface area contributed by atoms with Crippen LogP contribution in [0.2, 0.25) is 0 Å². The normalized spacial score (nSPS) is 13.6. The fraction of sp³-hybridized carbons (Fsp3) is 0.167. The van der Waals surface area contributed by atoms with Crippen LogP contribution >= 0.6 is 0 Å². The van der Waals surface area contributed by atoms with Crippen molar-refractivity contribution >= 4 is 23.2 Å². The van der Waals surface area contributed by atoms with E-state index in [2.05, 4.69) is 17.4 Å². The zero-order chi connectivity index (χ0) is 19.3. The second kappa shape index (κ2) is 8.09. The number of benzene rings is 3. The van der Waals surface area contributed by atoms with Crippen molar-refractivity contribution in [2.24, 2.45) is 0 Å². The molecule has 0 bridgehead atoms. The molecular weight excluding hydrogens is 348 g/mol. The highest BCUT2D eigenvalue weighted by Crippen LogP contribution is 2.24. The molecule has 0 saturated carbocycles. The van der Waals surface area contributed by atoms with Gasteiger partial charge in [-0.2, -0.15) is 0 Å². The van der Waals surface area contributed by atoms with Crippen LogP contribution in [0, 0.1) is 0 Å². The standard InChI is InChI=1S/C24H22N2O2/c27-23(16-18-11-13-20(14-12-18)19-6-2-1-3-7-19)25-21-8-4-9-22(17-21)26-15-5-10-24(26)28/h1-4,6-9,11-14,17H,5,10,15-16H2,(H,25,27). The Balaban J connectivity index is 1.40. The van der Waals surface area contributed by atoms with Gasteiger partial charge in [0.05, 0.1) is 6.42 Å². The lowest BCUT2D eigenvalue weighted by Gasteiger charge is -2.16. The third kappa shape index (κ3) is 4.12. The van der Waals surface area contributed by atoms with Crippen LogP contribution in [-0.2, 0) is 16.0 Å². The third-order valence-electron chi connectivity index (χ3n) is 4.94. The van der Waals surface area contributed by atoms with Crippen molar-refractivity contribution in [3.8, 4) is 11.1 Å². The molecule has 1 N–H and O–H groups in total. The van der Waals surface area contributed by atoms with Gasteiger partial charge in [0, 0.05) is 24.3 Å². The van der Waals surface area contributed by atoms with Crippen LogP contribution in [0.25, 0.3) is 11.1 Å². The molecule has 140 valence electrons. The number of carbonyl (C=O) groups excluding carboxylic acids is 2. The molecule has 3 aromatic rings. The number of nitrogens with zero attached hydrogens (tertiary/aromatic N) is 1. The quantitative estimate of drug-likeness (QED) is 0.710. The first-order chi connectivity index (χ1) is 13.7. The van der Waals surface area contributed by atoms with Crippen molar-refractivity contribution in [1.82, 2.24) is 0 Å². The number of anilines is 2. The minimum Gasteiger partial charge on any atom is -0.326 e. The molecule has 28 heavy (non-hydrogen) atoms. The van der Waals surface area contributed by atoms with Gasteiger partial charge in [-0.15, -0.1) is 0 Å². The smallest absolute Gasteiger partial charge is 0.228 e. The maximum atomic E-state index is 12.4. The Bertz CT molecular complexity index is 981. The molecule has 1 aliphatic heterocycles. The number of amides is 2. The minimum atomic E-state index is -0.0719. The van der Waals surface area contributed by atoms with E-state index in [-0.39, 0.29) is 11.8 Å². The van der Waals surface area contributed by atoms with E-state index >= 15 is 0 Å². The first kappa shape index (κ1) is 18.0. The Morgan fingerprint density at radius 3 is 2.36 bits per heavy atom. The lowest BCUT2D eigenvalue weighted by Crippen LogP contribution is -2.23. The van der Waals surface area contributed by atoms with E-state index in [0.29, 0.717) is 18.5 Å². The van der Waals surface area contributed by atoms with Crippen LogP contribution in [0.4, 0.5) is 11.4 Å². The van der Waals surface area contributed by atoms with E-state index in [1.165, 1.54) is 0 Å². The average molecular weight is 370 g/mol. The second-order valence-electron chi connectivity index (χ2n) is 6.99. The van der Waals surface area contributed by atoms with Gasteiger partial charge in [0.2, 0.25) is 11.8 Å². The first-order valence-corrected chi connectivity index (χ1v) is 9.54. The van der Waals surface area contributed by atoms with Gasteiger partial charge in [0.1, 0.15) is 0 Å². The van der Waals surface area contributed by atoms with Crippen molar-refractivity contribution in [3.63, 3.8) is 0 Å². The summed E-state index contributed by atoms with van der Waals surface area (Å²) in [5.74, 6) is 0.0688. The molecule has 1 fully saturated rings. The maximum absolute atomic E-state index is 12.4. The van der Waals surface area contributed by atoms with E-state index in [1.807, 2.05) is 66.7 Å². The van der Waals surface area contributed by atoms with Crippen LogP contribution < -0.4 is 10.2 Å². The maximum Gasteiger partial charge on any atom is 0.228 e. The molecule has 3 aromatic carbocycles. The van der Waals surface area contributed by atoms with Crippen molar-refractivity contribution in [3.05, 3.63) is 84.4 Å². The summed E-state index contributed by atoms with van der Waals surface area (Å²) in [6.07, 6.45) is 1.78. The largest absolute Gasteiger partial charge is 0.326 e. The summed E-state index contributed by atoms with van der Waals surface area (Å²) < 4.78 is 0. The fourth-order valence-corrected chi connectivity index (χ4v) is 3.51. The lowest BCUT2D eigenvalue weighted by molar-refractivity contribution is -0.117. The van der Waals surface area contributed by atoms with Gasteiger partial charge in [-0.25, -0.2) is 0 Å². The van der Waals surface area contributed by atoms with E-state index in [0.717, 1.165) is 35.3 Å². The molecule has 2 amide bonds. The Labute approximate surface area is 164 Å². The Morgan fingerprint density at radius 1 is 0.893 bits per heavy atom. The summed E-state index contributed by atoms with van der Waals surface area (Å²) in [7, 11) is 0. The topological polar surface area (TPSA) is 49.4 Å². The molecule has 1 aliphatic rings. The SMILES string of the molecule is O=C(Cc1ccc(-c2ccccc2)cc1)Nc1cccc(N2CCCC2=O)c1. The molecule has 0 atom stereocenters. The number of hydrogen-bond donors (Lipinski definition) is 1. The monoisotopic (exact) mass is 370 g/mol. The van der Waals surface area contributed by atoms with Crippen LogP contribution in [0.1, 0.15) is 18.4 Å². The molecule has 4 heteroatoms. The summed E-state index contributed by atoms with van der Waals surface area (Å²) in [6.45, 7) is 0.740. The zero-order valence-corrected chi connectivity index (χ0v) is 15.6. The molecule has 0 unspecified atom stereocenters. The Hall–Kier alpha value is -3.40. The highest BCUT2D eigenvalue weighted by molar-refractivity contribution is 5.97. The van der Waals surface area contributed by atoms with E-state index < -0.39 is 0 Å². The molecule has 1 saturated heterocycles. The van der Waals surface area contributed by atoms with Gasteiger partial charge in [-0.1, -0.05) is 60.7 Å². The molecule has 0 radical (unpaired) electrons. The third-order valence-corrected chi connectivity index (χ3v) is 4.94. The molecule has 4 nitrogen and oxygen atoms in total. The van der Waals surface area contributed by atoms with Crippen molar-refractivity contribution in [1.29, 1.82) is 0 Å².